The molecule has 160 valence electrons. The minimum atomic E-state index is 0.0414. The van der Waals surface area contributed by atoms with Crippen LogP contribution in [-0.4, -0.2) is 34.7 Å². The Morgan fingerprint density at radius 3 is 2.58 bits per heavy atom. The molecule has 0 saturated carbocycles. The lowest BCUT2D eigenvalue weighted by Crippen LogP contribution is -2.24. The lowest BCUT2D eigenvalue weighted by molar-refractivity contribution is 0.649. The van der Waals surface area contributed by atoms with Gasteiger partial charge >= 0.3 is 5.69 Å². The van der Waals surface area contributed by atoms with Gasteiger partial charge in [-0.3, -0.25) is 14.1 Å². The zero-order valence-electron chi connectivity index (χ0n) is 18.2. The Hall–Kier alpha value is -3.55. The van der Waals surface area contributed by atoms with Gasteiger partial charge in [0, 0.05) is 42.0 Å². The third kappa shape index (κ3) is 4.19. The van der Waals surface area contributed by atoms with E-state index < -0.39 is 0 Å². The van der Waals surface area contributed by atoms with E-state index in [1.54, 1.807) is 17.0 Å². The van der Waals surface area contributed by atoms with Gasteiger partial charge in [0.05, 0.1) is 6.54 Å². The Balaban J connectivity index is 1.61. The second kappa shape index (κ2) is 9.07. The molecule has 0 atom stereocenters. The maximum Gasteiger partial charge on any atom is 0.328 e. The molecule has 0 saturated heterocycles. The number of unbranched alkanes of at least 4 members (excludes halogenated alkanes) is 2. The highest BCUT2D eigenvalue weighted by atomic mass is 16.1. The fourth-order valence-corrected chi connectivity index (χ4v) is 3.92. The van der Waals surface area contributed by atoms with Gasteiger partial charge in [-0.1, -0.05) is 44.0 Å². The van der Waals surface area contributed by atoms with Crippen LogP contribution in [0.4, 0.5) is 0 Å². The fourth-order valence-electron chi connectivity index (χ4n) is 3.92. The molecular weight excluding hydrogens is 390 g/mol. The predicted molar refractivity (Wildman–Crippen MR) is 120 cm³/mol. The van der Waals surface area contributed by atoms with E-state index in [1.807, 2.05) is 36.7 Å². The Morgan fingerprint density at radius 1 is 1.06 bits per heavy atom. The number of hydrogen-bond acceptors (Lipinski definition) is 5. The summed E-state index contributed by atoms with van der Waals surface area (Å²) in [4.78, 5) is 17.1. The summed E-state index contributed by atoms with van der Waals surface area (Å²) in [6.45, 7) is 4.79. The number of aromatic amines is 1. The minimum absolute atomic E-state index is 0.0414. The summed E-state index contributed by atoms with van der Waals surface area (Å²) in [6, 6.07) is 10.1. The average Bonchev–Trinajstić information content (AvgIpc) is 3.40. The van der Waals surface area contributed by atoms with E-state index in [4.69, 9.17) is 0 Å². The first-order chi connectivity index (χ1) is 15.1. The van der Waals surface area contributed by atoms with E-state index in [-0.39, 0.29) is 5.69 Å². The molecule has 0 radical (unpaired) electrons. The Labute approximate surface area is 181 Å². The molecule has 8 heteroatoms. The Bertz CT molecular complexity index is 1200. The number of rotatable bonds is 8. The smallest absolute Gasteiger partial charge is 0.299 e. The van der Waals surface area contributed by atoms with E-state index in [0.29, 0.717) is 12.4 Å². The summed E-state index contributed by atoms with van der Waals surface area (Å²) < 4.78 is 3.66. The van der Waals surface area contributed by atoms with Crippen LogP contribution in [0, 0.1) is 6.92 Å². The zero-order chi connectivity index (χ0) is 21.8. The highest BCUT2D eigenvalue weighted by Crippen LogP contribution is 2.29. The molecule has 0 spiro atoms. The van der Waals surface area contributed by atoms with Crippen LogP contribution in [0.5, 0.6) is 0 Å². The van der Waals surface area contributed by atoms with Gasteiger partial charge in [0.2, 0.25) is 5.82 Å². The molecule has 0 bridgehead atoms. The van der Waals surface area contributed by atoms with Crippen molar-refractivity contribution in [2.45, 2.75) is 46.1 Å². The molecule has 3 aromatic heterocycles. The van der Waals surface area contributed by atoms with Crippen LogP contribution in [0.3, 0.4) is 0 Å². The summed E-state index contributed by atoms with van der Waals surface area (Å²) in [7, 11) is 1.85. The largest absolute Gasteiger partial charge is 0.328 e. The summed E-state index contributed by atoms with van der Waals surface area (Å²) in [6.07, 6.45) is 7.88. The maximum atomic E-state index is 12.8. The Morgan fingerprint density at radius 2 is 1.87 bits per heavy atom. The molecular formula is C23H27N7O. The molecule has 0 aliphatic heterocycles. The van der Waals surface area contributed by atoms with Crippen LogP contribution in [0.15, 0.2) is 47.5 Å². The number of hydrogen-bond donors (Lipinski definition) is 1. The van der Waals surface area contributed by atoms with Crippen LogP contribution in [0.1, 0.15) is 43.1 Å². The van der Waals surface area contributed by atoms with Gasteiger partial charge in [-0.05, 0) is 42.2 Å². The third-order valence-electron chi connectivity index (χ3n) is 5.79. The molecule has 8 nitrogen and oxygen atoms in total. The molecule has 0 fully saturated rings. The van der Waals surface area contributed by atoms with E-state index in [0.717, 1.165) is 52.9 Å². The molecule has 31 heavy (non-hydrogen) atoms. The van der Waals surface area contributed by atoms with E-state index in [2.05, 4.69) is 44.7 Å². The highest BCUT2D eigenvalue weighted by molar-refractivity contribution is 5.79. The topological polar surface area (TPSA) is 94.3 Å². The zero-order valence-corrected chi connectivity index (χ0v) is 18.2. The second-order valence-corrected chi connectivity index (χ2v) is 7.77. The first-order valence-electron chi connectivity index (χ1n) is 10.6. The molecule has 3 heterocycles. The maximum absolute atomic E-state index is 12.8. The van der Waals surface area contributed by atoms with E-state index in [9.17, 15) is 4.79 Å². The van der Waals surface area contributed by atoms with Gasteiger partial charge in [0.1, 0.15) is 0 Å². The summed E-state index contributed by atoms with van der Waals surface area (Å²) in [5.74, 6) is 0.532. The molecule has 1 N–H and O–H groups in total. The standard InChI is InChI=1S/C23H27N7O/c1-4-5-6-7-21-16(2)29(3)23(31)30(21)15-17-8-10-18(11-9-17)20-14-24-13-12-19(20)22-25-27-28-26-22/h8-14H,4-7,15H2,1-3H3,(H,25,26,27,28). The van der Waals surface area contributed by atoms with Crippen LogP contribution >= 0.6 is 0 Å². The van der Waals surface area contributed by atoms with Gasteiger partial charge in [-0.2, -0.15) is 5.21 Å². The van der Waals surface area contributed by atoms with Crippen molar-refractivity contribution in [3.05, 3.63) is 70.2 Å². The molecule has 0 aliphatic rings. The quantitative estimate of drug-likeness (QED) is 0.443. The van der Waals surface area contributed by atoms with Crippen LogP contribution in [-0.2, 0) is 20.0 Å². The first kappa shape index (κ1) is 20.7. The monoisotopic (exact) mass is 417 g/mol. The summed E-state index contributed by atoms with van der Waals surface area (Å²) in [5, 5.41) is 14.3. The van der Waals surface area contributed by atoms with Crippen LogP contribution in [0.2, 0.25) is 0 Å². The molecule has 0 unspecified atom stereocenters. The molecule has 4 aromatic rings. The number of tetrazole rings is 1. The Kier molecular flexibility index (Phi) is 6.06. The predicted octanol–water partition coefficient (Wildman–Crippen LogP) is 3.52. The number of aromatic nitrogens is 7. The number of nitrogens with one attached hydrogen (secondary N) is 1. The number of benzene rings is 1. The average molecular weight is 418 g/mol. The molecule has 0 amide bonds. The third-order valence-corrected chi connectivity index (χ3v) is 5.79. The fraction of sp³-hybridized carbons (Fsp3) is 0.348. The van der Waals surface area contributed by atoms with Crippen molar-refractivity contribution in [1.29, 1.82) is 0 Å². The molecule has 1 aromatic carbocycles. The van der Waals surface area contributed by atoms with Crippen LogP contribution in [0.25, 0.3) is 22.5 Å². The van der Waals surface area contributed by atoms with E-state index >= 15 is 0 Å². The van der Waals surface area contributed by atoms with Crippen molar-refractivity contribution in [3.63, 3.8) is 0 Å². The van der Waals surface area contributed by atoms with Gasteiger partial charge in [0.25, 0.3) is 0 Å². The minimum Gasteiger partial charge on any atom is -0.299 e. The number of pyridine rings is 1. The van der Waals surface area contributed by atoms with Gasteiger partial charge < -0.3 is 0 Å². The summed E-state index contributed by atoms with van der Waals surface area (Å²) >= 11 is 0. The van der Waals surface area contributed by atoms with Gasteiger partial charge in [0.15, 0.2) is 0 Å². The lowest BCUT2D eigenvalue weighted by atomic mass is 10.0. The van der Waals surface area contributed by atoms with Crippen molar-refractivity contribution in [2.24, 2.45) is 7.05 Å². The lowest BCUT2D eigenvalue weighted by Gasteiger charge is -2.10. The number of H-pyrrole nitrogens is 1. The second-order valence-electron chi connectivity index (χ2n) is 7.77. The normalized spacial score (nSPS) is 11.2. The van der Waals surface area contributed by atoms with E-state index in [1.165, 1.54) is 6.42 Å². The first-order valence-corrected chi connectivity index (χ1v) is 10.6. The van der Waals surface area contributed by atoms with Gasteiger partial charge in [-0.15, -0.1) is 10.2 Å². The highest BCUT2D eigenvalue weighted by Gasteiger charge is 2.15. The van der Waals surface area contributed by atoms with Crippen molar-refractivity contribution < 1.29 is 0 Å². The number of imidazole rings is 1. The molecule has 0 aliphatic carbocycles. The summed E-state index contributed by atoms with van der Waals surface area (Å²) in [5.41, 5.74) is 6.12. The van der Waals surface area contributed by atoms with Crippen molar-refractivity contribution in [2.75, 3.05) is 0 Å². The van der Waals surface area contributed by atoms with Crippen molar-refractivity contribution >= 4 is 0 Å². The van der Waals surface area contributed by atoms with Crippen molar-refractivity contribution in [1.82, 2.24) is 34.7 Å². The number of nitrogens with zero attached hydrogens (tertiary/aromatic N) is 6. The van der Waals surface area contributed by atoms with Crippen LogP contribution < -0.4 is 5.69 Å². The van der Waals surface area contributed by atoms with Crippen molar-refractivity contribution in [3.8, 4) is 22.5 Å². The molecule has 4 rings (SSSR count). The SMILES string of the molecule is CCCCCc1c(C)n(C)c(=O)n1Cc1ccc(-c2cnccc2-c2nn[nH]n2)cc1. The van der Waals surface area contributed by atoms with Gasteiger partial charge in [-0.25, -0.2) is 4.79 Å².